The molecule has 0 saturated carbocycles. The Morgan fingerprint density at radius 2 is 1.02 bits per heavy atom. The topological polar surface area (TPSA) is 22.8 Å². The van der Waals surface area contributed by atoms with Crippen molar-refractivity contribution in [1.82, 2.24) is 14.1 Å². The third kappa shape index (κ3) is 6.38. The largest absolute Gasteiger partial charge is 0.309 e. The molecule has 0 aliphatic heterocycles. The first-order chi connectivity index (χ1) is 32.0. The molecule has 0 bridgehead atoms. The minimum absolute atomic E-state index is 0.527. The average molecular weight is 834 g/mol. The van der Waals surface area contributed by atoms with Crippen molar-refractivity contribution in [2.75, 3.05) is 0 Å². The Kier molecular flexibility index (Phi) is 9.31. The molecule has 12 rings (SSSR count). The van der Waals surface area contributed by atoms with Gasteiger partial charge in [0.2, 0.25) is 0 Å². The van der Waals surface area contributed by atoms with Gasteiger partial charge in [-0.05, 0) is 141 Å². The summed E-state index contributed by atoms with van der Waals surface area (Å²) in [4.78, 5) is 5.41. The zero-order valence-electron chi connectivity index (χ0n) is 36.6. The molecular weight excluding hydrogens is 787 g/mol. The molecule has 2 heterocycles. The summed E-state index contributed by atoms with van der Waals surface area (Å²) in [5.74, 6) is 1.48. The molecule has 0 atom stereocenters. The average Bonchev–Trinajstić information content (AvgIpc) is 4.04. The molecular formula is C62H47N3. The number of hydrogen-bond donors (Lipinski definition) is 0. The van der Waals surface area contributed by atoms with Crippen LogP contribution in [0.4, 0.5) is 0 Å². The molecule has 9 aromatic carbocycles. The Hall–Kier alpha value is -8.01. The molecule has 1 aliphatic rings. The summed E-state index contributed by atoms with van der Waals surface area (Å²) in [5.41, 5.74) is 19.5. The lowest BCUT2D eigenvalue weighted by atomic mass is 9.67. The second-order valence-corrected chi connectivity index (χ2v) is 17.9. The van der Waals surface area contributed by atoms with Gasteiger partial charge in [-0.25, -0.2) is 4.98 Å². The van der Waals surface area contributed by atoms with Crippen molar-refractivity contribution in [3.8, 4) is 56.3 Å². The van der Waals surface area contributed by atoms with Crippen LogP contribution in [0.15, 0.2) is 231 Å². The van der Waals surface area contributed by atoms with Gasteiger partial charge in [0, 0.05) is 22.3 Å². The van der Waals surface area contributed by atoms with Crippen molar-refractivity contribution < 1.29 is 0 Å². The fourth-order valence-electron chi connectivity index (χ4n) is 10.7. The first-order valence-electron chi connectivity index (χ1n) is 22.8. The molecule has 2 aromatic heterocycles. The highest BCUT2D eigenvalue weighted by Gasteiger charge is 2.46. The van der Waals surface area contributed by atoms with E-state index in [4.69, 9.17) is 4.98 Å². The van der Waals surface area contributed by atoms with Crippen LogP contribution in [0, 0.1) is 5.92 Å². The van der Waals surface area contributed by atoms with Crippen LogP contribution >= 0.6 is 0 Å². The first kappa shape index (κ1) is 38.6. The third-order valence-electron chi connectivity index (χ3n) is 13.4. The Balaban J connectivity index is 1.13. The molecule has 0 radical (unpaired) electrons. The van der Waals surface area contributed by atoms with E-state index < -0.39 is 5.41 Å². The molecule has 0 unspecified atom stereocenters. The number of nitrogens with zero attached hydrogens (tertiary/aromatic N) is 3. The Labute approximate surface area is 380 Å². The predicted octanol–water partition coefficient (Wildman–Crippen LogP) is 15.5. The number of para-hydroxylation sites is 5. The fraction of sp³-hybridized carbons (Fsp3) is 0.0806. The van der Waals surface area contributed by atoms with Gasteiger partial charge in [0.15, 0.2) is 0 Å². The highest BCUT2D eigenvalue weighted by molar-refractivity contribution is 5.93. The van der Waals surface area contributed by atoms with Gasteiger partial charge in [-0.3, -0.25) is 4.57 Å². The number of aromatic nitrogens is 3. The molecule has 1 aliphatic carbocycles. The highest BCUT2D eigenvalue weighted by atomic mass is 15.1. The summed E-state index contributed by atoms with van der Waals surface area (Å²) in [6.07, 6.45) is 1.05. The van der Waals surface area contributed by atoms with E-state index in [1.165, 1.54) is 49.8 Å². The van der Waals surface area contributed by atoms with Crippen LogP contribution in [-0.4, -0.2) is 14.1 Å². The Morgan fingerprint density at radius 3 is 1.72 bits per heavy atom. The lowest BCUT2D eigenvalue weighted by Crippen LogP contribution is -2.28. The maximum absolute atomic E-state index is 5.41. The van der Waals surface area contributed by atoms with Gasteiger partial charge in [-0.1, -0.05) is 172 Å². The van der Waals surface area contributed by atoms with Crippen LogP contribution < -0.4 is 0 Å². The van der Waals surface area contributed by atoms with Gasteiger partial charge in [0.1, 0.15) is 5.82 Å². The van der Waals surface area contributed by atoms with Crippen molar-refractivity contribution in [3.63, 3.8) is 0 Å². The smallest absolute Gasteiger partial charge is 0.145 e. The maximum atomic E-state index is 5.41. The van der Waals surface area contributed by atoms with Crippen LogP contribution in [0.2, 0.25) is 0 Å². The number of benzene rings is 9. The number of fused-ring (bicyclic) bond motifs is 5. The van der Waals surface area contributed by atoms with Gasteiger partial charge >= 0.3 is 0 Å². The van der Waals surface area contributed by atoms with Gasteiger partial charge in [0.25, 0.3) is 0 Å². The van der Waals surface area contributed by atoms with Gasteiger partial charge in [-0.15, -0.1) is 0 Å². The summed E-state index contributed by atoms with van der Waals surface area (Å²) in [6.45, 7) is 4.59. The first-order valence-corrected chi connectivity index (χ1v) is 22.8. The Bertz CT molecular complexity index is 3350. The van der Waals surface area contributed by atoms with E-state index in [0.717, 1.165) is 62.6 Å². The SMILES string of the molecule is CC(C)Cc1ccc(C2(c3cccc(-c4cc(-c5cc6ccccc6n5-c5ccccc5)cc(-c5nc6ccccc6n5-c5ccccc5)c4)c3)c3ccccc3-c3ccccc32)cc1. The molecule has 3 nitrogen and oxygen atoms in total. The van der Waals surface area contributed by atoms with Gasteiger partial charge in [0.05, 0.1) is 27.7 Å². The van der Waals surface area contributed by atoms with E-state index in [1.807, 2.05) is 0 Å². The summed E-state index contributed by atoms with van der Waals surface area (Å²) in [5, 5.41) is 1.19. The summed E-state index contributed by atoms with van der Waals surface area (Å²) < 4.78 is 4.71. The molecule has 0 N–H and O–H groups in total. The molecule has 11 aromatic rings. The second kappa shape index (κ2) is 15.7. The molecule has 65 heavy (non-hydrogen) atoms. The molecule has 0 saturated heterocycles. The van der Waals surface area contributed by atoms with Gasteiger partial charge in [-0.2, -0.15) is 0 Å². The van der Waals surface area contributed by atoms with Gasteiger partial charge < -0.3 is 4.57 Å². The van der Waals surface area contributed by atoms with Crippen LogP contribution in [-0.2, 0) is 11.8 Å². The van der Waals surface area contributed by atoms with E-state index in [9.17, 15) is 0 Å². The van der Waals surface area contributed by atoms with Crippen LogP contribution in [0.1, 0.15) is 41.7 Å². The Morgan fingerprint density at radius 1 is 0.431 bits per heavy atom. The molecule has 310 valence electrons. The van der Waals surface area contributed by atoms with Crippen molar-refractivity contribution in [2.24, 2.45) is 5.92 Å². The standard InChI is InChI=1S/C62H47N3/c1-42(2)36-43-32-34-49(35-33-43)62(55-27-12-10-25-53(55)54-26-11-13-28-56(54)62)50-20-17-19-44(40-50)46-37-47(60-41-45-18-9-15-30-58(45)64(60)51-21-5-3-6-22-51)39-48(38-46)61-63-57-29-14-16-31-59(57)65(61)52-23-7-4-8-24-52/h3-35,37-42H,36H2,1-2H3. The highest BCUT2D eigenvalue weighted by Crippen LogP contribution is 2.56. The van der Waals surface area contributed by atoms with Crippen LogP contribution in [0.3, 0.4) is 0 Å². The lowest BCUT2D eigenvalue weighted by molar-refractivity contribution is 0.646. The minimum Gasteiger partial charge on any atom is -0.309 e. The predicted molar refractivity (Wildman–Crippen MR) is 270 cm³/mol. The summed E-state index contributed by atoms with van der Waals surface area (Å²) >= 11 is 0. The van der Waals surface area contributed by atoms with E-state index >= 15 is 0 Å². The normalized spacial score (nSPS) is 12.8. The maximum Gasteiger partial charge on any atom is 0.145 e. The fourth-order valence-corrected chi connectivity index (χ4v) is 10.7. The molecule has 0 amide bonds. The molecule has 0 fully saturated rings. The van der Waals surface area contributed by atoms with E-state index in [0.29, 0.717) is 5.92 Å². The van der Waals surface area contributed by atoms with E-state index in [1.54, 1.807) is 0 Å². The quantitative estimate of drug-likeness (QED) is 0.142. The zero-order valence-corrected chi connectivity index (χ0v) is 36.6. The zero-order chi connectivity index (χ0) is 43.5. The van der Waals surface area contributed by atoms with Crippen molar-refractivity contribution in [3.05, 3.63) is 258 Å². The third-order valence-corrected chi connectivity index (χ3v) is 13.4. The van der Waals surface area contributed by atoms with Crippen molar-refractivity contribution in [2.45, 2.75) is 25.7 Å². The second-order valence-electron chi connectivity index (χ2n) is 17.9. The summed E-state index contributed by atoms with van der Waals surface area (Å²) in [7, 11) is 0. The number of imidazole rings is 1. The monoisotopic (exact) mass is 833 g/mol. The van der Waals surface area contributed by atoms with Crippen LogP contribution in [0.5, 0.6) is 0 Å². The molecule has 0 spiro atoms. The number of rotatable bonds is 9. The van der Waals surface area contributed by atoms with Crippen molar-refractivity contribution >= 4 is 21.9 Å². The minimum atomic E-state index is -0.527. The summed E-state index contributed by atoms with van der Waals surface area (Å²) in [6, 6.07) is 84.8. The lowest BCUT2D eigenvalue weighted by Gasteiger charge is -2.34. The van der Waals surface area contributed by atoms with E-state index in [-0.39, 0.29) is 0 Å². The van der Waals surface area contributed by atoms with Crippen molar-refractivity contribution in [1.29, 1.82) is 0 Å². The van der Waals surface area contributed by atoms with E-state index in [2.05, 4.69) is 254 Å². The van der Waals surface area contributed by atoms with Crippen LogP contribution in [0.25, 0.3) is 78.2 Å². The molecule has 3 heteroatoms. The number of hydrogen-bond acceptors (Lipinski definition) is 1.